The van der Waals surface area contributed by atoms with E-state index >= 15 is 0 Å². The summed E-state index contributed by atoms with van der Waals surface area (Å²) in [4.78, 5) is 32.1. The van der Waals surface area contributed by atoms with E-state index in [2.05, 4.69) is 21.6 Å². The van der Waals surface area contributed by atoms with Crippen molar-refractivity contribution in [1.29, 1.82) is 0 Å². The third kappa shape index (κ3) is 7.59. The molecule has 8 heteroatoms. The maximum atomic E-state index is 12.0. The van der Waals surface area contributed by atoms with Crippen molar-refractivity contribution in [2.24, 2.45) is 0 Å². The zero-order chi connectivity index (χ0) is 18.9. The second-order valence-corrected chi connectivity index (χ2v) is 4.40. The van der Waals surface area contributed by atoms with Crippen LogP contribution in [0.5, 0.6) is 5.75 Å². The van der Waals surface area contributed by atoms with Gasteiger partial charge < -0.3 is 4.74 Å². The van der Waals surface area contributed by atoms with Crippen LogP contribution in [0.4, 0.5) is 13.2 Å². The van der Waals surface area contributed by atoms with Gasteiger partial charge in [0.1, 0.15) is 11.4 Å². The van der Waals surface area contributed by atoms with Crippen LogP contribution in [0.15, 0.2) is 42.5 Å². The second kappa shape index (κ2) is 9.01. The van der Waals surface area contributed by atoms with Gasteiger partial charge in [0.05, 0.1) is 0 Å². The molecule has 5 nitrogen and oxygen atoms in total. The number of aromatic nitrogens is 1. The lowest BCUT2D eigenvalue weighted by molar-refractivity contribution is -0.274. The summed E-state index contributed by atoms with van der Waals surface area (Å²) in [5.41, 5.74) is 1.32. The van der Waals surface area contributed by atoms with E-state index in [1.54, 1.807) is 25.1 Å². The molecule has 0 amide bonds. The first-order valence-electron chi connectivity index (χ1n) is 6.60. The molecule has 2 aromatic rings. The number of hydrogen-bond acceptors (Lipinski definition) is 5. The Morgan fingerprint density at radius 1 is 1.08 bits per heavy atom. The van der Waals surface area contributed by atoms with Gasteiger partial charge in [-0.15, -0.1) is 13.2 Å². The summed E-state index contributed by atoms with van der Waals surface area (Å²) >= 11 is 0. The number of carbonyl (C=O) groups excluding carboxylic acids is 3. The smallest absolute Gasteiger partial charge is 0.406 e. The molecule has 0 spiro atoms. The quantitative estimate of drug-likeness (QED) is 0.616. The monoisotopic (exact) mass is 349 g/mol. The fraction of sp³-hybridized carbons (Fsp3) is 0.118. The zero-order valence-electron chi connectivity index (χ0n) is 12.8. The minimum Gasteiger partial charge on any atom is -0.406 e. The van der Waals surface area contributed by atoms with Crippen LogP contribution < -0.4 is 4.74 Å². The number of carbonyl (C=O) groups is 1. The van der Waals surface area contributed by atoms with E-state index < -0.39 is 12.1 Å². The SMILES string of the molecule is Cc1cccc(C(=O)C#Cc2ccc(OC(F)(F)F)cc2)n1.O=C=O. The highest BCUT2D eigenvalue weighted by atomic mass is 19.4. The van der Waals surface area contributed by atoms with Gasteiger partial charge in [0.2, 0.25) is 0 Å². The summed E-state index contributed by atoms with van der Waals surface area (Å²) in [5.74, 6) is 4.17. The van der Waals surface area contributed by atoms with Crippen molar-refractivity contribution >= 4 is 11.9 Å². The molecule has 0 atom stereocenters. The molecule has 1 aromatic heterocycles. The summed E-state index contributed by atoms with van der Waals surface area (Å²) < 4.78 is 39.8. The van der Waals surface area contributed by atoms with Crippen molar-refractivity contribution < 1.29 is 32.3 Å². The lowest BCUT2D eigenvalue weighted by Crippen LogP contribution is -2.16. The normalized spacial score (nSPS) is 9.60. The predicted octanol–water partition coefficient (Wildman–Crippen LogP) is 2.94. The largest absolute Gasteiger partial charge is 0.573 e. The highest BCUT2D eigenvalue weighted by molar-refractivity contribution is 6.08. The number of halogens is 3. The lowest BCUT2D eigenvalue weighted by Gasteiger charge is -2.07. The standard InChI is InChI=1S/C16H10F3NO2.CO2/c1-11-3-2-4-14(20-11)15(21)10-7-12-5-8-13(9-6-12)22-16(17,18)19;2-1-3/h2-6,8-9H,1H3;. The molecule has 0 saturated carbocycles. The number of hydrogen-bond donors (Lipinski definition) is 0. The van der Waals surface area contributed by atoms with Crippen molar-refractivity contribution in [3.8, 4) is 17.6 Å². The number of alkyl halides is 3. The van der Waals surface area contributed by atoms with Crippen LogP contribution in [0.1, 0.15) is 21.7 Å². The predicted molar refractivity (Wildman–Crippen MR) is 78.3 cm³/mol. The topological polar surface area (TPSA) is 73.3 Å². The van der Waals surface area contributed by atoms with Crippen LogP contribution in [0, 0.1) is 18.8 Å². The first kappa shape index (κ1) is 19.6. The Balaban J connectivity index is 0.000000970. The van der Waals surface area contributed by atoms with Gasteiger partial charge in [-0.25, -0.2) is 4.98 Å². The summed E-state index contributed by atoms with van der Waals surface area (Å²) in [6.45, 7) is 1.75. The average Bonchev–Trinajstić information content (AvgIpc) is 2.53. The third-order valence-electron chi connectivity index (χ3n) is 2.53. The molecular weight excluding hydrogens is 339 g/mol. The summed E-state index contributed by atoms with van der Waals surface area (Å²) in [7, 11) is 0. The van der Waals surface area contributed by atoms with E-state index in [-0.39, 0.29) is 17.6 Å². The van der Waals surface area contributed by atoms with Gasteiger partial charge >= 0.3 is 12.5 Å². The van der Waals surface area contributed by atoms with Gasteiger partial charge in [0, 0.05) is 11.3 Å². The Bertz CT molecular complexity index is 827. The van der Waals surface area contributed by atoms with Crippen molar-refractivity contribution in [2.75, 3.05) is 0 Å². The number of benzene rings is 1. The van der Waals surface area contributed by atoms with Crippen LogP contribution in [0.3, 0.4) is 0 Å². The number of pyridine rings is 1. The Morgan fingerprint density at radius 2 is 1.68 bits per heavy atom. The van der Waals surface area contributed by atoms with Crippen LogP contribution in [0.2, 0.25) is 0 Å². The lowest BCUT2D eigenvalue weighted by atomic mass is 10.2. The summed E-state index contributed by atoms with van der Waals surface area (Å²) in [6, 6.07) is 9.93. The van der Waals surface area contributed by atoms with Crippen molar-refractivity contribution in [2.45, 2.75) is 13.3 Å². The van der Waals surface area contributed by atoms with E-state index in [0.717, 1.165) is 12.1 Å². The molecule has 25 heavy (non-hydrogen) atoms. The molecule has 0 aliphatic carbocycles. The van der Waals surface area contributed by atoms with Crippen LogP contribution in [-0.4, -0.2) is 23.3 Å². The van der Waals surface area contributed by atoms with Crippen molar-refractivity contribution in [3.63, 3.8) is 0 Å². The molecule has 0 aliphatic rings. The molecule has 1 heterocycles. The minimum atomic E-state index is -4.74. The second-order valence-electron chi connectivity index (χ2n) is 4.40. The van der Waals surface area contributed by atoms with Gasteiger partial charge in [0.15, 0.2) is 0 Å². The molecule has 0 fully saturated rings. The maximum Gasteiger partial charge on any atom is 0.573 e. The van der Waals surface area contributed by atoms with Gasteiger partial charge in [-0.3, -0.25) is 4.79 Å². The van der Waals surface area contributed by atoms with Gasteiger partial charge in [-0.2, -0.15) is 9.59 Å². The van der Waals surface area contributed by atoms with Gasteiger partial charge in [-0.1, -0.05) is 12.0 Å². The number of rotatable bonds is 2. The number of ether oxygens (including phenoxy) is 1. The van der Waals surface area contributed by atoms with Crippen molar-refractivity contribution in [1.82, 2.24) is 4.98 Å². The van der Waals surface area contributed by atoms with Gasteiger partial charge in [-0.05, 0) is 49.2 Å². The molecule has 128 valence electrons. The Hall–Kier alpha value is -3.43. The number of nitrogens with zero attached hydrogens (tertiary/aromatic N) is 1. The van der Waals surface area contributed by atoms with E-state index in [9.17, 15) is 18.0 Å². The van der Waals surface area contributed by atoms with E-state index in [4.69, 9.17) is 9.59 Å². The molecule has 0 aliphatic heterocycles. The first-order chi connectivity index (χ1) is 11.7. The highest BCUT2D eigenvalue weighted by Crippen LogP contribution is 2.22. The molecule has 0 saturated heterocycles. The number of Topliss-reactive ketones (excluding diaryl/α,β-unsaturated/α-hetero) is 1. The highest BCUT2D eigenvalue weighted by Gasteiger charge is 2.30. The summed E-state index contributed by atoms with van der Waals surface area (Å²) in [6.07, 6.45) is -4.49. The first-order valence-corrected chi connectivity index (χ1v) is 6.60. The average molecular weight is 349 g/mol. The third-order valence-corrected chi connectivity index (χ3v) is 2.53. The minimum absolute atomic E-state index is 0.226. The van der Waals surface area contributed by atoms with Gasteiger partial charge in [0.25, 0.3) is 5.78 Å². The van der Waals surface area contributed by atoms with E-state index in [1.807, 2.05) is 0 Å². The van der Waals surface area contributed by atoms with Crippen molar-refractivity contribution in [3.05, 3.63) is 59.4 Å². The van der Waals surface area contributed by atoms with Crippen LogP contribution in [0.25, 0.3) is 0 Å². The van der Waals surface area contributed by atoms with E-state index in [0.29, 0.717) is 11.3 Å². The molecule has 0 unspecified atom stereocenters. The summed E-state index contributed by atoms with van der Waals surface area (Å²) in [5, 5.41) is 0. The Labute approximate surface area is 140 Å². The van der Waals surface area contributed by atoms with Crippen LogP contribution >= 0.6 is 0 Å². The molecule has 1 aromatic carbocycles. The molecule has 2 rings (SSSR count). The molecule has 0 radical (unpaired) electrons. The molecular formula is C17H10F3NO4. The number of aryl methyl sites for hydroxylation is 1. The fourth-order valence-electron chi connectivity index (χ4n) is 1.60. The zero-order valence-corrected chi connectivity index (χ0v) is 12.8. The Kier molecular flexibility index (Phi) is 7.07. The van der Waals surface area contributed by atoms with Crippen LogP contribution in [-0.2, 0) is 9.59 Å². The fourth-order valence-corrected chi connectivity index (χ4v) is 1.60. The Morgan fingerprint density at radius 3 is 2.20 bits per heavy atom. The maximum absolute atomic E-state index is 12.0. The molecule has 0 bridgehead atoms. The molecule has 0 N–H and O–H groups in total. The van der Waals surface area contributed by atoms with E-state index in [1.165, 1.54) is 12.1 Å². The number of ketones is 1.